The molecule has 1 fully saturated rings. The van der Waals surface area contributed by atoms with Gasteiger partial charge < -0.3 is 9.84 Å². The topological polar surface area (TPSA) is 47.3 Å². The van der Waals surface area contributed by atoms with Crippen molar-refractivity contribution in [3.8, 4) is 0 Å². The van der Waals surface area contributed by atoms with Crippen molar-refractivity contribution < 1.29 is 9.84 Å². The maximum Gasteiger partial charge on any atom is 0.0986 e. The predicted octanol–water partition coefficient (Wildman–Crippen LogP) is 1.75. The molecule has 90 valence electrons. The summed E-state index contributed by atoms with van der Waals surface area (Å²) in [6.07, 6.45) is 4.30. The van der Waals surface area contributed by atoms with Gasteiger partial charge in [-0.25, -0.2) is 0 Å². The highest BCUT2D eigenvalue weighted by Crippen LogP contribution is 2.29. The average molecular weight is 224 g/mol. The molecule has 0 saturated carbocycles. The van der Waals surface area contributed by atoms with Crippen molar-refractivity contribution in [3.63, 3.8) is 0 Å². The van der Waals surface area contributed by atoms with Crippen molar-refractivity contribution in [1.82, 2.24) is 9.78 Å². The van der Waals surface area contributed by atoms with Gasteiger partial charge in [0.15, 0.2) is 0 Å². The molecule has 4 nitrogen and oxygen atoms in total. The predicted molar refractivity (Wildman–Crippen MR) is 61.0 cm³/mol. The molecule has 1 unspecified atom stereocenters. The lowest BCUT2D eigenvalue weighted by Crippen LogP contribution is -2.24. The van der Waals surface area contributed by atoms with Crippen LogP contribution in [0.4, 0.5) is 0 Å². The lowest BCUT2D eigenvalue weighted by atomic mass is 9.92. The molecule has 1 N–H and O–H groups in total. The summed E-state index contributed by atoms with van der Waals surface area (Å²) in [5.41, 5.74) is 0.953. The number of aliphatic hydroxyl groups is 1. The van der Waals surface area contributed by atoms with Crippen molar-refractivity contribution in [1.29, 1.82) is 0 Å². The Morgan fingerprint density at radius 2 is 2.31 bits per heavy atom. The quantitative estimate of drug-likeness (QED) is 0.847. The van der Waals surface area contributed by atoms with Crippen LogP contribution in [-0.4, -0.2) is 28.1 Å². The fourth-order valence-electron chi connectivity index (χ4n) is 2.27. The minimum absolute atomic E-state index is 0.320. The van der Waals surface area contributed by atoms with Crippen LogP contribution in [0.25, 0.3) is 0 Å². The van der Waals surface area contributed by atoms with E-state index in [0.717, 1.165) is 44.7 Å². The van der Waals surface area contributed by atoms with Gasteiger partial charge in [0, 0.05) is 26.0 Å². The van der Waals surface area contributed by atoms with Gasteiger partial charge in [-0.3, -0.25) is 4.68 Å². The van der Waals surface area contributed by atoms with Crippen LogP contribution in [0.3, 0.4) is 0 Å². The Balaban J connectivity index is 2.06. The van der Waals surface area contributed by atoms with Crippen LogP contribution in [0.15, 0.2) is 12.3 Å². The minimum Gasteiger partial charge on any atom is -0.387 e. The largest absolute Gasteiger partial charge is 0.387 e. The zero-order valence-corrected chi connectivity index (χ0v) is 9.80. The van der Waals surface area contributed by atoms with Gasteiger partial charge in [0.1, 0.15) is 0 Å². The Morgan fingerprint density at radius 3 is 3.00 bits per heavy atom. The number of ether oxygens (including phenoxy) is 1. The van der Waals surface area contributed by atoms with Crippen LogP contribution in [0, 0.1) is 5.92 Å². The van der Waals surface area contributed by atoms with Gasteiger partial charge in [-0.15, -0.1) is 0 Å². The van der Waals surface area contributed by atoms with E-state index in [1.54, 1.807) is 6.20 Å². The average Bonchev–Trinajstić information content (AvgIpc) is 2.78. The molecule has 2 heterocycles. The van der Waals surface area contributed by atoms with E-state index in [0.29, 0.717) is 5.92 Å². The summed E-state index contributed by atoms with van der Waals surface area (Å²) in [5, 5.41) is 14.6. The van der Waals surface area contributed by atoms with Crippen LogP contribution in [0.1, 0.15) is 38.0 Å². The van der Waals surface area contributed by atoms with E-state index in [2.05, 4.69) is 12.0 Å². The maximum absolute atomic E-state index is 10.3. The molecule has 0 amide bonds. The number of hydrogen-bond acceptors (Lipinski definition) is 3. The molecule has 2 rings (SSSR count). The van der Waals surface area contributed by atoms with Gasteiger partial charge in [-0.1, -0.05) is 6.92 Å². The van der Waals surface area contributed by atoms with Gasteiger partial charge in [-0.05, 0) is 31.2 Å². The minimum atomic E-state index is -0.391. The third-order valence-corrected chi connectivity index (χ3v) is 3.20. The van der Waals surface area contributed by atoms with E-state index < -0.39 is 6.10 Å². The molecular weight excluding hydrogens is 204 g/mol. The van der Waals surface area contributed by atoms with E-state index in [1.165, 1.54) is 0 Å². The summed E-state index contributed by atoms with van der Waals surface area (Å²) in [6.45, 7) is 4.53. The molecule has 4 heteroatoms. The molecule has 0 bridgehead atoms. The molecule has 16 heavy (non-hydrogen) atoms. The Hall–Kier alpha value is -0.870. The van der Waals surface area contributed by atoms with Crippen LogP contribution in [-0.2, 0) is 11.3 Å². The highest BCUT2D eigenvalue weighted by Gasteiger charge is 2.25. The Labute approximate surface area is 96.2 Å². The SMILES string of the molecule is CCCn1nccc1C(O)C1CCOCC1. The molecule has 1 aliphatic rings. The third kappa shape index (κ3) is 2.44. The number of rotatable bonds is 4. The van der Waals surface area contributed by atoms with Crippen molar-refractivity contribution >= 4 is 0 Å². The first-order chi connectivity index (χ1) is 7.83. The first-order valence-corrected chi connectivity index (χ1v) is 6.10. The lowest BCUT2D eigenvalue weighted by molar-refractivity contribution is 0.00379. The fourth-order valence-corrected chi connectivity index (χ4v) is 2.27. The molecular formula is C12H20N2O2. The number of hydrogen-bond donors (Lipinski definition) is 1. The van der Waals surface area contributed by atoms with Crippen LogP contribution in [0.2, 0.25) is 0 Å². The van der Waals surface area contributed by atoms with E-state index in [4.69, 9.17) is 4.74 Å². The Morgan fingerprint density at radius 1 is 1.56 bits per heavy atom. The number of nitrogens with zero attached hydrogens (tertiary/aromatic N) is 2. The van der Waals surface area contributed by atoms with Gasteiger partial charge in [0.05, 0.1) is 11.8 Å². The zero-order chi connectivity index (χ0) is 11.4. The molecule has 0 radical (unpaired) electrons. The second-order valence-electron chi connectivity index (χ2n) is 4.37. The van der Waals surface area contributed by atoms with Gasteiger partial charge >= 0.3 is 0 Å². The highest BCUT2D eigenvalue weighted by molar-refractivity contribution is 5.06. The van der Waals surface area contributed by atoms with Crippen molar-refractivity contribution in [2.45, 2.75) is 38.8 Å². The third-order valence-electron chi connectivity index (χ3n) is 3.20. The molecule has 0 aromatic carbocycles. The molecule has 1 aromatic rings. The van der Waals surface area contributed by atoms with E-state index in [1.807, 2.05) is 10.7 Å². The van der Waals surface area contributed by atoms with E-state index in [9.17, 15) is 5.11 Å². The second-order valence-corrected chi connectivity index (χ2v) is 4.37. The number of aryl methyl sites for hydroxylation is 1. The molecule has 1 atom stereocenters. The summed E-state index contributed by atoms with van der Waals surface area (Å²) < 4.78 is 7.23. The molecule has 0 spiro atoms. The van der Waals surface area contributed by atoms with Gasteiger partial charge in [0.2, 0.25) is 0 Å². The summed E-state index contributed by atoms with van der Waals surface area (Å²) in [5.74, 6) is 0.320. The maximum atomic E-state index is 10.3. The normalized spacial score (nSPS) is 19.9. The van der Waals surface area contributed by atoms with Crippen LogP contribution in [0.5, 0.6) is 0 Å². The van der Waals surface area contributed by atoms with Crippen LogP contribution < -0.4 is 0 Å². The van der Waals surface area contributed by atoms with Crippen molar-refractivity contribution in [2.75, 3.05) is 13.2 Å². The zero-order valence-electron chi connectivity index (χ0n) is 9.80. The smallest absolute Gasteiger partial charge is 0.0986 e. The standard InChI is InChI=1S/C12H20N2O2/c1-2-7-14-11(3-6-13-14)12(15)10-4-8-16-9-5-10/h3,6,10,12,15H,2,4-5,7-9H2,1H3. The van der Waals surface area contributed by atoms with E-state index in [-0.39, 0.29) is 0 Å². The fraction of sp³-hybridized carbons (Fsp3) is 0.750. The van der Waals surface area contributed by atoms with Crippen molar-refractivity contribution in [3.05, 3.63) is 18.0 Å². The van der Waals surface area contributed by atoms with Crippen LogP contribution >= 0.6 is 0 Å². The Kier molecular flexibility index (Phi) is 3.96. The number of aliphatic hydroxyl groups excluding tert-OH is 1. The van der Waals surface area contributed by atoms with Gasteiger partial charge in [0.25, 0.3) is 0 Å². The summed E-state index contributed by atoms with van der Waals surface area (Å²) in [7, 11) is 0. The first kappa shape index (κ1) is 11.6. The molecule has 1 saturated heterocycles. The number of aromatic nitrogens is 2. The lowest BCUT2D eigenvalue weighted by Gasteiger charge is -2.27. The molecule has 0 aliphatic carbocycles. The van der Waals surface area contributed by atoms with Crippen molar-refractivity contribution in [2.24, 2.45) is 5.92 Å². The Bertz CT molecular complexity index is 319. The highest BCUT2D eigenvalue weighted by atomic mass is 16.5. The second kappa shape index (κ2) is 5.46. The first-order valence-electron chi connectivity index (χ1n) is 6.10. The summed E-state index contributed by atoms with van der Waals surface area (Å²) in [4.78, 5) is 0. The molecule has 1 aliphatic heterocycles. The van der Waals surface area contributed by atoms with E-state index >= 15 is 0 Å². The summed E-state index contributed by atoms with van der Waals surface area (Å²) in [6, 6.07) is 1.93. The summed E-state index contributed by atoms with van der Waals surface area (Å²) >= 11 is 0. The van der Waals surface area contributed by atoms with Gasteiger partial charge in [-0.2, -0.15) is 5.10 Å². The molecule has 1 aromatic heterocycles. The monoisotopic (exact) mass is 224 g/mol.